The third-order valence-electron chi connectivity index (χ3n) is 3.58. The van der Waals surface area contributed by atoms with Crippen molar-refractivity contribution in [3.63, 3.8) is 0 Å². The summed E-state index contributed by atoms with van der Waals surface area (Å²) in [6, 6.07) is -0.321. The third-order valence-corrected chi connectivity index (χ3v) is 3.58. The molecule has 2 aliphatic heterocycles. The van der Waals surface area contributed by atoms with Gasteiger partial charge in [0.1, 0.15) is 0 Å². The topological polar surface area (TPSA) is 86.9 Å². The number of carbonyl (C=O) groups is 3. The number of imide groups is 1. The van der Waals surface area contributed by atoms with Crippen LogP contribution in [-0.4, -0.2) is 78.2 Å². The van der Waals surface area contributed by atoms with Crippen molar-refractivity contribution >= 4 is 17.7 Å². The van der Waals surface area contributed by atoms with Crippen molar-refractivity contribution in [3.05, 3.63) is 0 Å². The second-order valence-electron chi connectivity index (χ2n) is 4.79. The normalized spacial score (nSPS) is 26.9. The molecule has 7 nitrogen and oxygen atoms in total. The van der Waals surface area contributed by atoms with E-state index in [0.717, 1.165) is 0 Å². The van der Waals surface area contributed by atoms with Crippen LogP contribution in [0.1, 0.15) is 6.42 Å². The summed E-state index contributed by atoms with van der Waals surface area (Å²) in [5.41, 5.74) is 5.14. The average Bonchev–Trinajstić information content (AvgIpc) is 2.57. The van der Waals surface area contributed by atoms with E-state index in [2.05, 4.69) is 0 Å². The van der Waals surface area contributed by atoms with Gasteiger partial charge in [0.05, 0.1) is 19.0 Å². The van der Waals surface area contributed by atoms with Gasteiger partial charge in [-0.25, -0.2) is 0 Å². The van der Waals surface area contributed by atoms with E-state index >= 15 is 0 Å². The maximum Gasteiger partial charge on any atom is 0.246 e. The summed E-state index contributed by atoms with van der Waals surface area (Å²) in [5.74, 6) is -0.580. The Bertz CT molecular complexity index is 376. The molecule has 7 heteroatoms. The smallest absolute Gasteiger partial charge is 0.246 e. The van der Waals surface area contributed by atoms with Gasteiger partial charge in [-0.15, -0.1) is 0 Å². The van der Waals surface area contributed by atoms with Gasteiger partial charge in [-0.2, -0.15) is 0 Å². The Kier molecular flexibility index (Phi) is 3.63. The van der Waals surface area contributed by atoms with E-state index in [1.54, 1.807) is 0 Å². The fraction of sp³-hybridized carbons (Fsp3) is 0.727. The number of likely N-dealkylation sites (N-methyl/N-ethyl adjacent to an activating group) is 1. The molecule has 0 unspecified atom stereocenters. The monoisotopic (exact) mass is 254 g/mol. The zero-order valence-electron chi connectivity index (χ0n) is 10.5. The molecule has 2 heterocycles. The van der Waals surface area contributed by atoms with Crippen LogP contribution in [0.3, 0.4) is 0 Å². The number of nitrogens with two attached hydrogens (primary N) is 1. The number of primary amides is 1. The van der Waals surface area contributed by atoms with E-state index in [1.807, 2.05) is 9.80 Å². The fourth-order valence-electron chi connectivity index (χ4n) is 2.47. The van der Waals surface area contributed by atoms with Gasteiger partial charge in [-0.05, 0) is 0 Å². The Morgan fingerprint density at radius 3 is 2.33 bits per heavy atom. The number of piperazine rings is 1. The van der Waals surface area contributed by atoms with Gasteiger partial charge in [0.25, 0.3) is 0 Å². The van der Waals surface area contributed by atoms with Crippen LogP contribution in [0.2, 0.25) is 0 Å². The van der Waals surface area contributed by atoms with Crippen molar-refractivity contribution in [1.82, 2.24) is 14.7 Å². The highest BCUT2D eigenvalue weighted by molar-refractivity contribution is 6.05. The minimum Gasteiger partial charge on any atom is -0.369 e. The summed E-state index contributed by atoms with van der Waals surface area (Å²) in [5, 5.41) is 0. The Labute approximate surface area is 105 Å². The molecule has 2 N–H and O–H groups in total. The van der Waals surface area contributed by atoms with Gasteiger partial charge < -0.3 is 5.73 Å². The van der Waals surface area contributed by atoms with Crippen molar-refractivity contribution in [2.45, 2.75) is 12.5 Å². The lowest BCUT2D eigenvalue weighted by atomic mass is 10.1. The molecule has 2 saturated heterocycles. The van der Waals surface area contributed by atoms with Crippen LogP contribution in [0.15, 0.2) is 0 Å². The molecule has 0 aliphatic carbocycles. The summed E-state index contributed by atoms with van der Waals surface area (Å²) >= 11 is 0. The zero-order chi connectivity index (χ0) is 13.3. The van der Waals surface area contributed by atoms with Crippen LogP contribution in [0.4, 0.5) is 0 Å². The Morgan fingerprint density at radius 1 is 1.28 bits per heavy atom. The maximum absolute atomic E-state index is 11.8. The predicted octanol–water partition coefficient (Wildman–Crippen LogP) is -2.15. The lowest BCUT2D eigenvalue weighted by molar-refractivity contribution is -0.138. The Hall–Kier alpha value is -1.47. The molecule has 0 aromatic rings. The lowest BCUT2D eigenvalue weighted by Gasteiger charge is -2.36. The first-order valence-electron chi connectivity index (χ1n) is 6.04. The second-order valence-corrected chi connectivity index (χ2v) is 4.79. The molecule has 3 amide bonds. The van der Waals surface area contributed by atoms with E-state index in [0.29, 0.717) is 26.2 Å². The number of rotatable bonds is 3. The SMILES string of the molecule is CN1C(=O)C[C@@H](N2CCN(CC(N)=O)CC2)C1=O. The van der Waals surface area contributed by atoms with Crippen molar-refractivity contribution in [3.8, 4) is 0 Å². The quantitative estimate of drug-likeness (QED) is 0.580. The number of nitrogens with zero attached hydrogens (tertiary/aromatic N) is 3. The van der Waals surface area contributed by atoms with Crippen LogP contribution < -0.4 is 5.73 Å². The predicted molar refractivity (Wildman–Crippen MR) is 63.4 cm³/mol. The van der Waals surface area contributed by atoms with E-state index < -0.39 is 0 Å². The van der Waals surface area contributed by atoms with Crippen LogP contribution in [-0.2, 0) is 14.4 Å². The molecule has 2 aliphatic rings. The molecule has 0 radical (unpaired) electrons. The highest BCUT2D eigenvalue weighted by Gasteiger charge is 2.40. The minimum atomic E-state index is -0.338. The van der Waals surface area contributed by atoms with Gasteiger partial charge >= 0.3 is 0 Å². The molecule has 0 spiro atoms. The molecule has 0 saturated carbocycles. The summed E-state index contributed by atoms with van der Waals surface area (Å²) in [4.78, 5) is 39.3. The lowest BCUT2D eigenvalue weighted by Crippen LogP contribution is -2.53. The Balaban J connectivity index is 1.89. The van der Waals surface area contributed by atoms with Crippen LogP contribution in [0.25, 0.3) is 0 Å². The number of hydrogen-bond donors (Lipinski definition) is 1. The van der Waals surface area contributed by atoms with Gasteiger partial charge in [0, 0.05) is 33.2 Å². The molecule has 1 atom stereocenters. The van der Waals surface area contributed by atoms with Crippen LogP contribution in [0, 0.1) is 0 Å². The molecule has 2 fully saturated rings. The first kappa shape index (κ1) is 13.0. The molecule has 18 heavy (non-hydrogen) atoms. The average molecular weight is 254 g/mol. The van der Waals surface area contributed by atoms with Crippen LogP contribution >= 0.6 is 0 Å². The second kappa shape index (κ2) is 5.03. The summed E-state index contributed by atoms with van der Waals surface area (Å²) in [7, 11) is 1.52. The minimum absolute atomic E-state index is 0.121. The standard InChI is InChI=1S/C11H18N4O3/c1-13-10(17)6-8(11(13)18)15-4-2-14(3-5-15)7-9(12)16/h8H,2-7H2,1H3,(H2,12,16)/t8-/m1/s1. The maximum atomic E-state index is 11.8. The molecule has 0 aromatic carbocycles. The van der Waals surface area contributed by atoms with Gasteiger partial charge in [-0.1, -0.05) is 0 Å². The van der Waals surface area contributed by atoms with Gasteiger partial charge in [0.15, 0.2) is 0 Å². The van der Waals surface area contributed by atoms with Crippen molar-refractivity contribution in [2.75, 3.05) is 39.8 Å². The summed E-state index contributed by atoms with van der Waals surface area (Å²) < 4.78 is 0. The van der Waals surface area contributed by atoms with Gasteiger partial charge in [0.2, 0.25) is 17.7 Å². The van der Waals surface area contributed by atoms with Crippen molar-refractivity contribution in [1.29, 1.82) is 0 Å². The van der Waals surface area contributed by atoms with E-state index in [9.17, 15) is 14.4 Å². The molecular formula is C11H18N4O3. The number of likely N-dealkylation sites (tertiary alicyclic amines) is 1. The highest BCUT2D eigenvalue weighted by atomic mass is 16.2. The summed E-state index contributed by atoms with van der Waals surface area (Å²) in [6.07, 6.45) is 0.269. The number of carbonyl (C=O) groups excluding carboxylic acids is 3. The fourth-order valence-corrected chi connectivity index (χ4v) is 2.47. The first-order chi connectivity index (χ1) is 8.49. The molecule has 100 valence electrons. The third kappa shape index (κ3) is 2.51. The zero-order valence-corrected chi connectivity index (χ0v) is 10.5. The molecule has 0 aromatic heterocycles. The van der Waals surface area contributed by atoms with Crippen molar-refractivity contribution < 1.29 is 14.4 Å². The summed E-state index contributed by atoms with van der Waals surface area (Å²) in [6.45, 7) is 3.02. The molecule has 0 bridgehead atoms. The largest absolute Gasteiger partial charge is 0.369 e. The molecular weight excluding hydrogens is 236 g/mol. The van der Waals surface area contributed by atoms with Crippen molar-refractivity contribution in [2.24, 2.45) is 5.73 Å². The van der Waals surface area contributed by atoms with E-state index in [-0.39, 0.29) is 36.7 Å². The number of hydrogen-bond acceptors (Lipinski definition) is 5. The van der Waals surface area contributed by atoms with E-state index in [4.69, 9.17) is 5.73 Å². The first-order valence-corrected chi connectivity index (χ1v) is 6.04. The number of amides is 3. The van der Waals surface area contributed by atoms with Gasteiger partial charge in [-0.3, -0.25) is 29.1 Å². The Morgan fingerprint density at radius 2 is 1.89 bits per heavy atom. The highest BCUT2D eigenvalue weighted by Crippen LogP contribution is 2.18. The molecule has 2 rings (SSSR count). The van der Waals surface area contributed by atoms with E-state index in [1.165, 1.54) is 11.9 Å². The van der Waals surface area contributed by atoms with Crippen LogP contribution in [0.5, 0.6) is 0 Å².